The molecule has 0 rings (SSSR count). The Hall–Kier alpha value is 0. The lowest BCUT2D eigenvalue weighted by Crippen LogP contribution is -2.01. The van der Waals surface area contributed by atoms with Crippen molar-refractivity contribution in [2.24, 2.45) is 5.92 Å². The Labute approximate surface area is 123 Å². The van der Waals surface area contributed by atoms with Crippen molar-refractivity contribution in [3.63, 3.8) is 0 Å². The summed E-state index contributed by atoms with van der Waals surface area (Å²) in [4.78, 5) is 0. The molecule has 0 fully saturated rings. The van der Waals surface area contributed by atoms with Gasteiger partial charge in [0.15, 0.2) is 0 Å². The van der Waals surface area contributed by atoms with Gasteiger partial charge in [0.25, 0.3) is 0 Å². The maximum atomic E-state index is 2.38. The highest BCUT2D eigenvalue weighted by Gasteiger charge is 2.07. The Morgan fingerprint density at radius 2 is 1.05 bits per heavy atom. The van der Waals surface area contributed by atoms with Gasteiger partial charge in [0, 0.05) is 0 Å². The normalized spacial score (nSPS) is 12.8. The van der Waals surface area contributed by atoms with E-state index in [4.69, 9.17) is 0 Å². The van der Waals surface area contributed by atoms with Crippen molar-refractivity contribution in [3.05, 3.63) is 6.42 Å². The maximum Gasteiger partial charge on any atom is -0.0412 e. The van der Waals surface area contributed by atoms with Gasteiger partial charge < -0.3 is 0 Å². The molecule has 115 valence electrons. The van der Waals surface area contributed by atoms with Crippen molar-refractivity contribution in [2.75, 3.05) is 0 Å². The first-order valence-corrected chi connectivity index (χ1v) is 9.12. The summed E-state index contributed by atoms with van der Waals surface area (Å²) in [5.41, 5.74) is 0. The smallest absolute Gasteiger partial charge is 0.0412 e. The second-order valence-electron chi connectivity index (χ2n) is 6.27. The Balaban J connectivity index is 3.45. The molecule has 1 unspecified atom stereocenters. The van der Waals surface area contributed by atoms with Crippen LogP contribution in [0.1, 0.15) is 111 Å². The molecule has 0 saturated heterocycles. The van der Waals surface area contributed by atoms with Crippen LogP contribution in [0.3, 0.4) is 0 Å². The van der Waals surface area contributed by atoms with Crippen LogP contribution in [0.15, 0.2) is 0 Å². The molecule has 0 spiro atoms. The van der Waals surface area contributed by atoms with Crippen molar-refractivity contribution in [3.8, 4) is 0 Å². The summed E-state index contributed by atoms with van der Waals surface area (Å²) in [6.07, 6.45) is 22.5. The van der Waals surface area contributed by atoms with Gasteiger partial charge in [-0.25, -0.2) is 0 Å². The first-order chi connectivity index (χ1) is 9.35. The van der Waals surface area contributed by atoms with Crippen LogP contribution in [0, 0.1) is 12.3 Å². The molecule has 0 aromatic carbocycles. The van der Waals surface area contributed by atoms with Crippen LogP contribution in [0.5, 0.6) is 0 Å². The molecular formula is C19H39. The van der Waals surface area contributed by atoms with Crippen LogP contribution < -0.4 is 0 Å². The Morgan fingerprint density at radius 1 is 0.632 bits per heavy atom. The average molecular weight is 268 g/mol. The van der Waals surface area contributed by atoms with E-state index in [1.165, 1.54) is 89.9 Å². The molecule has 0 aliphatic heterocycles. The average Bonchev–Trinajstić information content (AvgIpc) is 2.42. The van der Waals surface area contributed by atoms with Crippen molar-refractivity contribution in [2.45, 2.75) is 111 Å². The molecule has 0 saturated carbocycles. The number of rotatable bonds is 15. The minimum absolute atomic E-state index is 0.984. The minimum atomic E-state index is 0.984. The quantitative estimate of drug-likeness (QED) is 0.272. The molecule has 0 aliphatic carbocycles. The van der Waals surface area contributed by atoms with E-state index in [0.29, 0.717) is 0 Å². The van der Waals surface area contributed by atoms with Gasteiger partial charge in [0.05, 0.1) is 0 Å². The lowest BCUT2D eigenvalue weighted by Gasteiger charge is -2.15. The van der Waals surface area contributed by atoms with Crippen LogP contribution in [0.2, 0.25) is 0 Å². The SMILES string of the molecule is C[CH]CC(CCCCCCC)CCCCCCCC. The predicted molar refractivity (Wildman–Crippen MR) is 89.5 cm³/mol. The van der Waals surface area contributed by atoms with Crippen molar-refractivity contribution in [1.82, 2.24) is 0 Å². The third-order valence-electron chi connectivity index (χ3n) is 4.25. The first-order valence-electron chi connectivity index (χ1n) is 9.12. The van der Waals surface area contributed by atoms with Crippen LogP contribution in [0.25, 0.3) is 0 Å². The van der Waals surface area contributed by atoms with E-state index in [1.54, 1.807) is 0 Å². The standard InChI is InChI=1S/C19H39/c1-4-7-9-11-13-15-18-19(16-6-3)17-14-12-10-8-5-2/h6,19H,4-5,7-18H2,1-3H3. The molecule has 0 bridgehead atoms. The summed E-state index contributed by atoms with van der Waals surface area (Å²) < 4.78 is 0. The summed E-state index contributed by atoms with van der Waals surface area (Å²) in [6.45, 7) is 6.82. The van der Waals surface area contributed by atoms with E-state index < -0.39 is 0 Å². The fraction of sp³-hybridized carbons (Fsp3) is 0.947. The summed E-state index contributed by atoms with van der Waals surface area (Å²) in [5.74, 6) is 0.984. The molecule has 0 aromatic heterocycles. The molecule has 1 atom stereocenters. The lowest BCUT2D eigenvalue weighted by atomic mass is 9.90. The van der Waals surface area contributed by atoms with E-state index in [-0.39, 0.29) is 0 Å². The first kappa shape index (κ1) is 19.0. The zero-order chi connectivity index (χ0) is 14.2. The van der Waals surface area contributed by atoms with Crippen LogP contribution >= 0.6 is 0 Å². The number of hydrogen-bond acceptors (Lipinski definition) is 0. The summed E-state index contributed by atoms with van der Waals surface area (Å²) >= 11 is 0. The molecule has 0 amide bonds. The van der Waals surface area contributed by atoms with Gasteiger partial charge in [-0.1, -0.05) is 104 Å². The van der Waals surface area contributed by atoms with E-state index in [1.807, 2.05) is 0 Å². The Morgan fingerprint density at radius 3 is 1.47 bits per heavy atom. The van der Waals surface area contributed by atoms with Gasteiger partial charge in [-0.15, -0.1) is 0 Å². The van der Waals surface area contributed by atoms with Crippen molar-refractivity contribution in [1.29, 1.82) is 0 Å². The maximum absolute atomic E-state index is 2.38. The summed E-state index contributed by atoms with van der Waals surface area (Å²) in [6, 6.07) is 0. The molecule has 1 radical (unpaired) electrons. The summed E-state index contributed by atoms with van der Waals surface area (Å²) in [5, 5.41) is 0. The monoisotopic (exact) mass is 267 g/mol. The predicted octanol–water partition coefficient (Wildman–Crippen LogP) is 7.33. The highest BCUT2D eigenvalue weighted by molar-refractivity contribution is 4.67. The largest absolute Gasteiger partial charge is 0.0654 e. The molecule has 0 heterocycles. The van der Waals surface area contributed by atoms with Gasteiger partial charge in [-0.05, 0) is 18.8 Å². The zero-order valence-corrected chi connectivity index (χ0v) is 14.1. The van der Waals surface area contributed by atoms with Crippen molar-refractivity contribution < 1.29 is 0 Å². The Bertz CT molecular complexity index is 150. The highest BCUT2D eigenvalue weighted by atomic mass is 14.1. The summed E-state index contributed by atoms with van der Waals surface area (Å²) in [7, 11) is 0. The number of unbranched alkanes of at least 4 members (excludes halogenated alkanes) is 9. The minimum Gasteiger partial charge on any atom is -0.0654 e. The molecule has 0 heteroatoms. The molecule has 19 heavy (non-hydrogen) atoms. The fourth-order valence-electron chi connectivity index (χ4n) is 2.96. The van der Waals surface area contributed by atoms with E-state index >= 15 is 0 Å². The van der Waals surface area contributed by atoms with Gasteiger partial charge in [0.1, 0.15) is 0 Å². The topological polar surface area (TPSA) is 0 Å². The molecular weight excluding hydrogens is 228 g/mol. The van der Waals surface area contributed by atoms with Crippen LogP contribution in [-0.4, -0.2) is 0 Å². The number of hydrogen-bond donors (Lipinski definition) is 0. The van der Waals surface area contributed by atoms with Gasteiger partial charge in [0.2, 0.25) is 0 Å². The lowest BCUT2D eigenvalue weighted by molar-refractivity contribution is 0.399. The molecule has 0 aromatic rings. The third kappa shape index (κ3) is 14.2. The molecule has 0 nitrogen and oxygen atoms in total. The van der Waals surface area contributed by atoms with Gasteiger partial charge >= 0.3 is 0 Å². The van der Waals surface area contributed by atoms with Gasteiger partial charge in [-0.2, -0.15) is 0 Å². The van der Waals surface area contributed by atoms with Gasteiger partial charge in [-0.3, -0.25) is 0 Å². The van der Waals surface area contributed by atoms with Crippen LogP contribution in [0.4, 0.5) is 0 Å². The highest BCUT2D eigenvalue weighted by Crippen LogP contribution is 2.22. The third-order valence-corrected chi connectivity index (χ3v) is 4.25. The molecule has 0 N–H and O–H groups in total. The van der Waals surface area contributed by atoms with Crippen LogP contribution in [-0.2, 0) is 0 Å². The Kier molecular flexibility index (Phi) is 16.1. The fourth-order valence-corrected chi connectivity index (χ4v) is 2.96. The van der Waals surface area contributed by atoms with Crippen molar-refractivity contribution >= 4 is 0 Å². The second kappa shape index (κ2) is 16.1. The van der Waals surface area contributed by atoms with E-state index in [9.17, 15) is 0 Å². The van der Waals surface area contributed by atoms with E-state index in [0.717, 1.165) is 5.92 Å². The van der Waals surface area contributed by atoms with E-state index in [2.05, 4.69) is 27.2 Å². The second-order valence-corrected chi connectivity index (χ2v) is 6.27. The molecule has 0 aliphatic rings. The zero-order valence-electron chi connectivity index (χ0n) is 14.1.